The summed E-state index contributed by atoms with van der Waals surface area (Å²) in [6.07, 6.45) is 1.12. The predicted octanol–water partition coefficient (Wildman–Crippen LogP) is 2.02. The molecule has 2 aromatic carbocycles. The predicted molar refractivity (Wildman–Crippen MR) is 143 cm³/mol. The van der Waals surface area contributed by atoms with Crippen molar-refractivity contribution in [2.75, 3.05) is 39.9 Å². The van der Waals surface area contributed by atoms with Crippen LogP contribution in [0, 0.1) is 10.8 Å². The Morgan fingerprint density at radius 3 is 2.18 bits per heavy atom. The van der Waals surface area contributed by atoms with Gasteiger partial charge in [0, 0.05) is 31.6 Å². The monoisotopic (exact) mass is 524 g/mol. The van der Waals surface area contributed by atoms with Gasteiger partial charge in [0.2, 0.25) is 6.10 Å². The van der Waals surface area contributed by atoms with Crippen molar-refractivity contribution in [3.63, 3.8) is 0 Å². The molecule has 0 aliphatic carbocycles. The lowest BCUT2D eigenvalue weighted by Gasteiger charge is -2.21. The van der Waals surface area contributed by atoms with Crippen LogP contribution in [-0.2, 0) is 22.4 Å². The van der Waals surface area contributed by atoms with Crippen LogP contribution in [-0.4, -0.2) is 73.7 Å². The minimum Gasteiger partial charge on any atom is -0.493 e. The molecule has 2 heterocycles. The molecule has 1 saturated heterocycles. The molecule has 2 aliphatic rings. The number of methoxy groups -OCH3 is 1. The van der Waals surface area contributed by atoms with Gasteiger partial charge in [0.05, 0.1) is 20.3 Å². The van der Waals surface area contributed by atoms with Gasteiger partial charge in [0.15, 0.2) is 23.4 Å². The fourth-order valence-electron chi connectivity index (χ4n) is 4.78. The van der Waals surface area contributed by atoms with Gasteiger partial charge in [0.25, 0.3) is 0 Å². The molecular weight excluding hydrogens is 488 g/mol. The number of guanidine groups is 2. The van der Waals surface area contributed by atoms with Crippen LogP contribution in [0.2, 0.25) is 0 Å². The Hall–Kier alpha value is -4.15. The van der Waals surface area contributed by atoms with Gasteiger partial charge in [-0.2, -0.15) is 0 Å². The van der Waals surface area contributed by atoms with Crippen LogP contribution >= 0.6 is 0 Å². The minimum atomic E-state index is -1.00. The summed E-state index contributed by atoms with van der Waals surface area (Å²) in [6, 6.07) is 11.0. The first-order chi connectivity index (χ1) is 18.3. The highest BCUT2D eigenvalue weighted by molar-refractivity contribution is 5.77. The first-order valence-corrected chi connectivity index (χ1v) is 12.8. The molecule has 4 rings (SSSR count). The summed E-state index contributed by atoms with van der Waals surface area (Å²) in [7, 11) is 1.56. The molecule has 2 aliphatic heterocycles. The summed E-state index contributed by atoms with van der Waals surface area (Å²) in [5.41, 5.74) is 14.1. The van der Waals surface area contributed by atoms with Crippen LogP contribution in [0.5, 0.6) is 17.2 Å². The van der Waals surface area contributed by atoms with E-state index in [1.54, 1.807) is 43.2 Å². The molecule has 0 radical (unpaired) electrons. The summed E-state index contributed by atoms with van der Waals surface area (Å²) in [4.78, 5) is 16.6. The van der Waals surface area contributed by atoms with Gasteiger partial charge in [-0.05, 0) is 55.2 Å². The number of carbonyl (C=O) groups excluding carboxylic acids is 1. The number of nitrogens with two attached hydrogens (primary N) is 2. The van der Waals surface area contributed by atoms with Crippen LogP contribution in [0.4, 0.5) is 0 Å². The Bertz CT molecular complexity index is 1170. The third kappa shape index (κ3) is 6.21. The standard InChI is InChI=1S/C27H36N6O5/c1-3-36-25(34)24(17-4-6-20(7-5-17)37-21-10-13-33(16-21)27(30)31)38-23-15-19-9-12-32(26(28)29)11-8-18(19)14-22(23)35-2/h4-7,14-15,21,24H,3,8-13,16H2,1-2H3,(H3,28,29)(H3,30,31). The number of rotatable bonds is 8. The molecule has 204 valence electrons. The topological polar surface area (TPSA) is 160 Å². The molecule has 0 amide bonds. The summed E-state index contributed by atoms with van der Waals surface area (Å²) in [6.45, 7) is 4.50. The molecule has 0 saturated carbocycles. The normalized spacial score (nSPS) is 17.7. The Kier molecular flexibility index (Phi) is 8.45. The number of nitrogens with one attached hydrogen (secondary N) is 2. The molecule has 2 atom stereocenters. The molecule has 1 fully saturated rings. The molecule has 38 heavy (non-hydrogen) atoms. The van der Waals surface area contributed by atoms with E-state index < -0.39 is 12.1 Å². The van der Waals surface area contributed by atoms with Crippen molar-refractivity contribution in [3.05, 3.63) is 53.1 Å². The molecule has 0 spiro atoms. The SMILES string of the molecule is CCOC(=O)C(Oc1cc2c(cc1OC)CCN(C(=N)N)CC2)c1ccc(OC2CCN(C(=N)N)C2)cc1. The first kappa shape index (κ1) is 26.9. The van der Waals surface area contributed by atoms with Gasteiger partial charge in [-0.25, -0.2) is 4.79 Å². The van der Waals surface area contributed by atoms with Crippen molar-refractivity contribution in [1.29, 1.82) is 10.8 Å². The second-order valence-electron chi connectivity index (χ2n) is 9.32. The summed E-state index contributed by atoms with van der Waals surface area (Å²) < 4.78 is 23.3. The maximum Gasteiger partial charge on any atom is 0.352 e. The maximum absolute atomic E-state index is 13.0. The Morgan fingerprint density at radius 2 is 1.63 bits per heavy atom. The number of hydrogen-bond donors (Lipinski definition) is 4. The molecule has 6 N–H and O–H groups in total. The number of nitrogens with zero attached hydrogens (tertiary/aromatic N) is 2. The number of likely N-dealkylation sites (tertiary alicyclic amines) is 1. The lowest BCUT2D eigenvalue weighted by Crippen LogP contribution is -2.38. The zero-order valence-corrected chi connectivity index (χ0v) is 21.9. The van der Waals surface area contributed by atoms with E-state index in [4.69, 9.17) is 41.2 Å². The van der Waals surface area contributed by atoms with E-state index in [-0.39, 0.29) is 24.6 Å². The summed E-state index contributed by atoms with van der Waals surface area (Å²) in [5, 5.41) is 15.4. The number of benzene rings is 2. The first-order valence-electron chi connectivity index (χ1n) is 12.8. The van der Waals surface area contributed by atoms with Gasteiger partial charge >= 0.3 is 5.97 Å². The van der Waals surface area contributed by atoms with Crippen molar-refractivity contribution in [2.45, 2.75) is 38.4 Å². The van der Waals surface area contributed by atoms with Crippen LogP contribution < -0.4 is 25.7 Å². The van der Waals surface area contributed by atoms with Crippen molar-refractivity contribution in [1.82, 2.24) is 9.80 Å². The van der Waals surface area contributed by atoms with E-state index in [0.717, 1.165) is 24.0 Å². The minimum absolute atomic E-state index is 0.0466. The number of ether oxygens (including phenoxy) is 4. The van der Waals surface area contributed by atoms with Crippen LogP contribution in [0.1, 0.15) is 36.1 Å². The maximum atomic E-state index is 13.0. The number of esters is 1. The molecule has 0 aromatic heterocycles. The lowest BCUT2D eigenvalue weighted by molar-refractivity contribution is -0.151. The Morgan fingerprint density at radius 1 is 1.00 bits per heavy atom. The van der Waals surface area contributed by atoms with E-state index in [0.29, 0.717) is 55.4 Å². The average molecular weight is 525 g/mol. The quantitative estimate of drug-likeness (QED) is 0.230. The van der Waals surface area contributed by atoms with E-state index >= 15 is 0 Å². The smallest absolute Gasteiger partial charge is 0.352 e. The lowest BCUT2D eigenvalue weighted by atomic mass is 10.0. The van der Waals surface area contributed by atoms with Crippen molar-refractivity contribution in [2.24, 2.45) is 11.5 Å². The van der Waals surface area contributed by atoms with Gasteiger partial charge in [0.1, 0.15) is 11.9 Å². The Labute approximate surface area is 222 Å². The molecule has 2 unspecified atom stereocenters. The molecule has 11 nitrogen and oxygen atoms in total. The van der Waals surface area contributed by atoms with E-state index in [1.165, 1.54) is 0 Å². The van der Waals surface area contributed by atoms with Crippen LogP contribution in [0.25, 0.3) is 0 Å². The second-order valence-corrected chi connectivity index (χ2v) is 9.32. The number of fused-ring (bicyclic) bond motifs is 1. The van der Waals surface area contributed by atoms with E-state index in [2.05, 4.69) is 0 Å². The molecular formula is C27H36N6O5. The largest absolute Gasteiger partial charge is 0.493 e. The van der Waals surface area contributed by atoms with Crippen LogP contribution in [0.15, 0.2) is 36.4 Å². The van der Waals surface area contributed by atoms with Gasteiger partial charge in [-0.1, -0.05) is 12.1 Å². The van der Waals surface area contributed by atoms with Crippen molar-refractivity contribution < 1.29 is 23.7 Å². The molecule has 2 aromatic rings. The molecule has 11 heteroatoms. The third-order valence-electron chi connectivity index (χ3n) is 6.85. The van der Waals surface area contributed by atoms with E-state index in [9.17, 15) is 4.79 Å². The zero-order chi connectivity index (χ0) is 27.2. The highest BCUT2D eigenvalue weighted by Crippen LogP contribution is 2.36. The fourth-order valence-corrected chi connectivity index (χ4v) is 4.78. The average Bonchev–Trinajstić information content (AvgIpc) is 3.27. The summed E-state index contributed by atoms with van der Waals surface area (Å²) in [5.74, 6) is 1.21. The molecule has 0 bridgehead atoms. The van der Waals surface area contributed by atoms with Crippen molar-refractivity contribution in [3.8, 4) is 17.2 Å². The van der Waals surface area contributed by atoms with Crippen LogP contribution in [0.3, 0.4) is 0 Å². The zero-order valence-electron chi connectivity index (χ0n) is 21.9. The van der Waals surface area contributed by atoms with Gasteiger partial charge in [-0.15, -0.1) is 0 Å². The second kappa shape index (κ2) is 11.9. The number of hydrogen-bond acceptors (Lipinski definition) is 7. The van der Waals surface area contributed by atoms with Crippen molar-refractivity contribution >= 4 is 17.9 Å². The summed E-state index contributed by atoms with van der Waals surface area (Å²) >= 11 is 0. The van der Waals surface area contributed by atoms with E-state index in [1.807, 2.05) is 17.0 Å². The fraction of sp³-hybridized carbons (Fsp3) is 0.444. The van der Waals surface area contributed by atoms with Gasteiger partial charge < -0.3 is 40.2 Å². The third-order valence-corrected chi connectivity index (χ3v) is 6.85. The highest BCUT2D eigenvalue weighted by atomic mass is 16.6. The van der Waals surface area contributed by atoms with Gasteiger partial charge in [-0.3, -0.25) is 10.8 Å². The number of carbonyl (C=O) groups is 1. The Balaban J connectivity index is 1.54. The highest BCUT2D eigenvalue weighted by Gasteiger charge is 2.28.